The summed E-state index contributed by atoms with van der Waals surface area (Å²) in [6, 6.07) is 7.39. The van der Waals surface area contributed by atoms with Crippen LogP contribution in [-0.4, -0.2) is 28.9 Å². The van der Waals surface area contributed by atoms with Gasteiger partial charge in [0, 0.05) is 12.2 Å². The van der Waals surface area contributed by atoms with Gasteiger partial charge in [-0.05, 0) is 44.0 Å². The van der Waals surface area contributed by atoms with Crippen LogP contribution in [0.4, 0.5) is 0 Å². The second kappa shape index (κ2) is 5.60. The molecule has 1 saturated carbocycles. The molecule has 0 aliphatic heterocycles. The monoisotopic (exact) mass is 286 g/mol. The Kier molecular flexibility index (Phi) is 3.64. The van der Waals surface area contributed by atoms with Crippen molar-refractivity contribution in [2.75, 3.05) is 7.11 Å². The Balaban J connectivity index is 1.92. The number of hydrogen-bond donors (Lipinski definition) is 0. The zero-order valence-electron chi connectivity index (χ0n) is 12.2. The molecule has 21 heavy (non-hydrogen) atoms. The normalized spacial score (nSPS) is 15.5. The summed E-state index contributed by atoms with van der Waals surface area (Å²) in [5.74, 6) is 1.09. The molecule has 1 amide bonds. The Morgan fingerprint density at radius 3 is 2.86 bits per heavy atom. The maximum atomic E-state index is 12.9. The topological polar surface area (TPSA) is 55.6 Å². The Morgan fingerprint density at radius 2 is 2.24 bits per heavy atom. The zero-order valence-corrected chi connectivity index (χ0v) is 12.2. The van der Waals surface area contributed by atoms with Crippen molar-refractivity contribution in [1.29, 1.82) is 0 Å². The highest BCUT2D eigenvalue weighted by molar-refractivity contribution is 5.97. The first-order valence-electron chi connectivity index (χ1n) is 7.07. The summed E-state index contributed by atoms with van der Waals surface area (Å²) in [5, 5.41) is 0. The van der Waals surface area contributed by atoms with Gasteiger partial charge in [-0.15, -0.1) is 0 Å². The van der Waals surface area contributed by atoms with E-state index in [9.17, 15) is 4.79 Å². The van der Waals surface area contributed by atoms with Crippen molar-refractivity contribution in [3.05, 3.63) is 48.0 Å². The van der Waals surface area contributed by atoms with Gasteiger partial charge >= 0.3 is 0 Å². The third-order valence-corrected chi connectivity index (χ3v) is 3.74. The summed E-state index contributed by atoms with van der Waals surface area (Å²) in [7, 11) is 1.52. The molecule has 1 aliphatic rings. The van der Waals surface area contributed by atoms with E-state index in [1.54, 1.807) is 24.6 Å². The Hall–Kier alpha value is -2.30. The highest BCUT2D eigenvalue weighted by Crippen LogP contribution is 2.36. The van der Waals surface area contributed by atoms with Crippen LogP contribution >= 0.6 is 0 Å². The molecule has 5 nitrogen and oxygen atoms in total. The molecule has 110 valence electrons. The molecule has 5 heteroatoms. The zero-order chi connectivity index (χ0) is 14.8. The van der Waals surface area contributed by atoms with Crippen molar-refractivity contribution in [3.8, 4) is 5.88 Å². The molecule has 0 spiro atoms. The second-order valence-electron chi connectivity index (χ2n) is 5.20. The van der Waals surface area contributed by atoms with E-state index in [-0.39, 0.29) is 18.0 Å². The summed E-state index contributed by atoms with van der Waals surface area (Å²) in [6.07, 6.45) is 5.30. The Bertz CT molecular complexity index is 620. The van der Waals surface area contributed by atoms with Gasteiger partial charge in [0.1, 0.15) is 11.3 Å². The molecule has 0 radical (unpaired) electrons. The summed E-state index contributed by atoms with van der Waals surface area (Å²) in [6.45, 7) is 1.98. The molecule has 0 N–H and O–H groups in total. The minimum Gasteiger partial charge on any atom is -0.480 e. The third-order valence-electron chi connectivity index (χ3n) is 3.74. The fourth-order valence-corrected chi connectivity index (χ4v) is 2.53. The van der Waals surface area contributed by atoms with Crippen molar-refractivity contribution in [1.82, 2.24) is 9.88 Å². The number of rotatable bonds is 5. The van der Waals surface area contributed by atoms with E-state index in [0.717, 1.165) is 18.6 Å². The lowest BCUT2D eigenvalue weighted by molar-refractivity contribution is 0.0648. The molecule has 0 saturated heterocycles. The van der Waals surface area contributed by atoms with Crippen LogP contribution in [0.25, 0.3) is 0 Å². The van der Waals surface area contributed by atoms with Crippen LogP contribution in [-0.2, 0) is 0 Å². The fraction of sp³-hybridized carbons (Fsp3) is 0.375. The fourth-order valence-electron chi connectivity index (χ4n) is 2.53. The summed E-state index contributed by atoms with van der Waals surface area (Å²) < 4.78 is 10.7. The minimum absolute atomic E-state index is 0.0636. The average Bonchev–Trinajstić information content (AvgIpc) is 3.18. The van der Waals surface area contributed by atoms with Crippen LogP contribution in [0.5, 0.6) is 5.88 Å². The predicted octanol–water partition coefficient (Wildman–Crippen LogP) is 3.05. The standard InChI is InChI=1S/C16H18N2O3/c1-11(14-6-4-10-21-14)18(12-7-8-12)16(19)13-5-3-9-17-15(13)20-2/h3-6,9-12H,7-8H2,1-2H3/t11-/m0/s1. The minimum atomic E-state index is -0.107. The maximum absolute atomic E-state index is 12.9. The summed E-state index contributed by atoms with van der Waals surface area (Å²) in [5.41, 5.74) is 0.491. The number of hydrogen-bond acceptors (Lipinski definition) is 4. The molecular formula is C16H18N2O3. The number of furan rings is 1. The lowest BCUT2D eigenvalue weighted by atomic mass is 10.1. The quantitative estimate of drug-likeness (QED) is 0.847. The number of aromatic nitrogens is 1. The number of nitrogens with zero attached hydrogens (tertiary/aromatic N) is 2. The van der Waals surface area contributed by atoms with Crippen molar-refractivity contribution in [2.45, 2.75) is 31.8 Å². The van der Waals surface area contributed by atoms with Crippen molar-refractivity contribution in [3.63, 3.8) is 0 Å². The molecule has 3 rings (SSSR count). The highest BCUT2D eigenvalue weighted by atomic mass is 16.5. The largest absolute Gasteiger partial charge is 0.480 e. The van der Waals surface area contributed by atoms with Crippen molar-refractivity contribution >= 4 is 5.91 Å². The van der Waals surface area contributed by atoms with Gasteiger partial charge in [-0.1, -0.05) is 0 Å². The van der Waals surface area contributed by atoms with Gasteiger partial charge in [-0.3, -0.25) is 4.79 Å². The van der Waals surface area contributed by atoms with E-state index in [0.29, 0.717) is 11.4 Å². The van der Waals surface area contributed by atoms with Gasteiger partial charge in [0.05, 0.1) is 19.4 Å². The molecule has 0 aromatic carbocycles. The first kappa shape index (κ1) is 13.7. The van der Waals surface area contributed by atoms with E-state index in [2.05, 4.69) is 4.98 Å². The van der Waals surface area contributed by atoms with E-state index in [1.165, 1.54) is 7.11 Å². The molecule has 2 heterocycles. The average molecular weight is 286 g/mol. The van der Waals surface area contributed by atoms with Gasteiger partial charge in [0.25, 0.3) is 5.91 Å². The Labute approximate surface area is 123 Å². The van der Waals surface area contributed by atoms with Crippen molar-refractivity contribution in [2.24, 2.45) is 0 Å². The number of amides is 1. The summed E-state index contributed by atoms with van der Waals surface area (Å²) in [4.78, 5) is 18.9. The lowest BCUT2D eigenvalue weighted by Crippen LogP contribution is -2.35. The van der Waals surface area contributed by atoms with Crippen LogP contribution < -0.4 is 4.74 Å². The summed E-state index contributed by atoms with van der Waals surface area (Å²) >= 11 is 0. The number of carbonyl (C=O) groups is 1. The van der Waals surface area contributed by atoms with Gasteiger partial charge in [0.2, 0.25) is 5.88 Å². The van der Waals surface area contributed by atoms with Crippen LogP contribution in [0, 0.1) is 0 Å². The number of methoxy groups -OCH3 is 1. The molecule has 2 aromatic heterocycles. The predicted molar refractivity (Wildman–Crippen MR) is 77.1 cm³/mol. The lowest BCUT2D eigenvalue weighted by Gasteiger charge is -2.28. The number of carbonyl (C=O) groups excluding carboxylic acids is 1. The SMILES string of the molecule is COc1ncccc1C(=O)N(C1CC1)[C@@H](C)c1ccco1. The van der Waals surface area contributed by atoms with Crippen LogP contribution in [0.1, 0.15) is 41.9 Å². The van der Waals surface area contributed by atoms with Crippen LogP contribution in [0.2, 0.25) is 0 Å². The third kappa shape index (κ3) is 2.63. The first-order valence-corrected chi connectivity index (χ1v) is 7.07. The molecular weight excluding hydrogens is 268 g/mol. The molecule has 0 unspecified atom stereocenters. The van der Waals surface area contributed by atoms with Gasteiger partial charge < -0.3 is 14.1 Å². The van der Waals surface area contributed by atoms with E-state index < -0.39 is 0 Å². The van der Waals surface area contributed by atoms with E-state index >= 15 is 0 Å². The smallest absolute Gasteiger partial charge is 0.260 e. The molecule has 1 atom stereocenters. The molecule has 1 aliphatic carbocycles. The number of pyridine rings is 1. The molecule has 1 fully saturated rings. The van der Waals surface area contributed by atoms with Crippen LogP contribution in [0.3, 0.4) is 0 Å². The number of ether oxygens (including phenoxy) is 1. The van der Waals surface area contributed by atoms with Gasteiger partial charge in [-0.2, -0.15) is 0 Å². The van der Waals surface area contributed by atoms with Crippen LogP contribution in [0.15, 0.2) is 41.1 Å². The van der Waals surface area contributed by atoms with Gasteiger partial charge in [-0.25, -0.2) is 4.98 Å². The van der Waals surface area contributed by atoms with Crippen molar-refractivity contribution < 1.29 is 13.9 Å². The maximum Gasteiger partial charge on any atom is 0.260 e. The second-order valence-corrected chi connectivity index (χ2v) is 5.20. The first-order chi connectivity index (χ1) is 10.2. The van der Waals surface area contributed by atoms with Gasteiger partial charge in [0.15, 0.2) is 0 Å². The van der Waals surface area contributed by atoms with E-state index in [1.807, 2.05) is 24.0 Å². The highest BCUT2D eigenvalue weighted by Gasteiger charge is 2.38. The Morgan fingerprint density at radius 1 is 1.43 bits per heavy atom. The van der Waals surface area contributed by atoms with E-state index in [4.69, 9.17) is 9.15 Å². The molecule has 2 aromatic rings. The molecule has 0 bridgehead atoms.